The van der Waals surface area contributed by atoms with Crippen molar-refractivity contribution in [2.24, 2.45) is 0 Å². The largest absolute Gasteiger partial charge is 0.491 e. The first-order chi connectivity index (χ1) is 9.81. The maximum Gasteiger partial charge on any atom is 0.119 e. The molecule has 0 bridgehead atoms. The molecule has 0 radical (unpaired) electrons. The Balaban J connectivity index is 1.54. The van der Waals surface area contributed by atoms with E-state index in [1.165, 1.54) is 0 Å². The van der Waals surface area contributed by atoms with Gasteiger partial charge in [-0.05, 0) is 42.7 Å². The van der Waals surface area contributed by atoms with Gasteiger partial charge in [0.05, 0.1) is 6.10 Å². The van der Waals surface area contributed by atoms with Crippen LogP contribution in [0, 0.1) is 0 Å². The van der Waals surface area contributed by atoms with E-state index in [4.69, 9.17) is 9.47 Å². The molecule has 1 atom stereocenters. The normalized spacial score (nSPS) is 15.7. The smallest absolute Gasteiger partial charge is 0.119 e. The van der Waals surface area contributed by atoms with E-state index in [-0.39, 0.29) is 6.61 Å². The summed E-state index contributed by atoms with van der Waals surface area (Å²) >= 11 is 0. The molecule has 0 saturated heterocycles. The minimum atomic E-state index is -0.634. The maximum atomic E-state index is 10.1. The monoisotopic (exact) mass is 270 g/mol. The number of benzene rings is 2. The maximum absolute atomic E-state index is 10.1. The minimum Gasteiger partial charge on any atom is -0.491 e. The van der Waals surface area contributed by atoms with Crippen molar-refractivity contribution in [2.75, 3.05) is 6.61 Å². The van der Waals surface area contributed by atoms with Gasteiger partial charge in [-0.2, -0.15) is 0 Å². The molecule has 0 amide bonds. The molecule has 1 aliphatic carbocycles. The lowest BCUT2D eigenvalue weighted by Crippen LogP contribution is -2.09. The predicted molar refractivity (Wildman–Crippen MR) is 77.0 cm³/mol. The van der Waals surface area contributed by atoms with Crippen molar-refractivity contribution >= 4 is 0 Å². The average molecular weight is 270 g/mol. The van der Waals surface area contributed by atoms with Crippen LogP contribution >= 0.6 is 0 Å². The summed E-state index contributed by atoms with van der Waals surface area (Å²) < 4.78 is 11.2. The van der Waals surface area contributed by atoms with E-state index in [0.717, 1.165) is 29.9 Å². The number of aliphatic hydroxyl groups is 1. The lowest BCUT2D eigenvalue weighted by Gasteiger charge is -2.13. The topological polar surface area (TPSA) is 38.7 Å². The van der Waals surface area contributed by atoms with E-state index in [2.05, 4.69) is 0 Å². The van der Waals surface area contributed by atoms with Gasteiger partial charge in [0.2, 0.25) is 0 Å². The molecule has 1 unspecified atom stereocenters. The van der Waals surface area contributed by atoms with E-state index in [1.54, 1.807) is 0 Å². The van der Waals surface area contributed by atoms with Crippen LogP contribution in [0.3, 0.4) is 0 Å². The molecule has 1 fully saturated rings. The van der Waals surface area contributed by atoms with Crippen molar-refractivity contribution in [3.63, 3.8) is 0 Å². The molecule has 0 spiro atoms. The predicted octanol–water partition coefficient (Wildman–Crippen LogP) is 3.34. The lowest BCUT2D eigenvalue weighted by atomic mass is 10.1. The summed E-state index contributed by atoms with van der Waals surface area (Å²) in [5, 5.41) is 10.1. The summed E-state index contributed by atoms with van der Waals surface area (Å²) in [6.07, 6.45) is 2.06. The number of aliphatic hydroxyl groups excluding tert-OH is 1. The van der Waals surface area contributed by atoms with E-state index in [1.807, 2.05) is 54.6 Å². The van der Waals surface area contributed by atoms with E-state index in [0.29, 0.717) is 6.10 Å². The van der Waals surface area contributed by atoms with Crippen LogP contribution in [0.1, 0.15) is 24.5 Å². The summed E-state index contributed by atoms with van der Waals surface area (Å²) in [6.45, 7) is 0.243. The molecule has 0 aromatic heterocycles. The molecule has 20 heavy (non-hydrogen) atoms. The van der Waals surface area contributed by atoms with Gasteiger partial charge in [0, 0.05) is 0 Å². The fourth-order valence-electron chi connectivity index (χ4n) is 1.93. The summed E-state index contributed by atoms with van der Waals surface area (Å²) in [4.78, 5) is 0. The van der Waals surface area contributed by atoms with Gasteiger partial charge in [-0.15, -0.1) is 0 Å². The van der Waals surface area contributed by atoms with Gasteiger partial charge in [-0.1, -0.05) is 30.3 Å². The number of rotatable bonds is 6. The van der Waals surface area contributed by atoms with Gasteiger partial charge in [-0.25, -0.2) is 0 Å². The van der Waals surface area contributed by atoms with Gasteiger partial charge in [-0.3, -0.25) is 0 Å². The van der Waals surface area contributed by atoms with Crippen molar-refractivity contribution in [3.8, 4) is 11.5 Å². The molecule has 3 heteroatoms. The van der Waals surface area contributed by atoms with Crippen LogP contribution in [0.5, 0.6) is 11.5 Å². The second-order valence-corrected chi connectivity index (χ2v) is 5.03. The molecular weight excluding hydrogens is 252 g/mol. The number of para-hydroxylation sites is 1. The highest BCUT2D eigenvalue weighted by Gasteiger charge is 2.23. The van der Waals surface area contributed by atoms with Crippen LogP contribution in [-0.4, -0.2) is 17.8 Å². The quantitative estimate of drug-likeness (QED) is 0.875. The molecule has 1 saturated carbocycles. The molecule has 104 valence electrons. The van der Waals surface area contributed by atoms with E-state index in [9.17, 15) is 5.11 Å². The van der Waals surface area contributed by atoms with Crippen LogP contribution in [0.4, 0.5) is 0 Å². The Morgan fingerprint density at radius 3 is 2.30 bits per heavy atom. The second kappa shape index (κ2) is 5.97. The van der Waals surface area contributed by atoms with Gasteiger partial charge < -0.3 is 14.6 Å². The molecule has 2 aromatic carbocycles. The Hall–Kier alpha value is -2.00. The van der Waals surface area contributed by atoms with Gasteiger partial charge in [0.15, 0.2) is 0 Å². The zero-order chi connectivity index (χ0) is 13.8. The molecule has 0 aliphatic heterocycles. The fraction of sp³-hybridized carbons (Fsp3) is 0.294. The molecule has 3 nitrogen and oxygen atoms in total. The highest BCUT2D eigenvalue weighted by molar-refractivity contribution is 5.29. The third-order valence-corrected chi connectivity index (χ3v) is 3.24. The van der Waals surface area contributed by atoms with E-state index < -0.39 is 6.10 Å². The Labute approximate surface area is 118 Å². The number of hydrogen-bond donors (Lipinski definition) is 1. The molecule has 0 heterocycles. The molecule has 1 aliphatic rings. The Morgan fingerprint density at radius 2 is 1.65 bits per heavy atom. The summed E-state index contributed by atoms with van der Waals surface area (Å²) in [7, 11) is 0. The van der Waals surface area contributed by atoms with Crippen molar-refractivity contribution in [2.45, 2.75) is 25.0 Å². The second-order valence-electron chi connectivity index (χ2n) is 5.03. The zero-order valence-electron chi connectivity index (χ0n) is 11.2. The van der Waals surface area contributed by atoms with Gasteiger partial charge in [0.25, 0.3) is 0 Å². The standard InChI is InChI=1S/C17H18O3/c18-17(12-19-14-4-2-1-3-5-14)13-6-8-15(9-7-13)20-16-10-11-16/h1-9,16-18H,10-12H2. The highest BCUT2D eigenvalue weighted by atomic mass is 16.5. The van der Waals surface area contributed by atoms with Crippen molar-refractivity contribution in [1.29, 1.82) is 0 Å². The van der Waals surface area contributed by atoms with E-state index >= 15 is 0 Å². The van der Waals surface area contributed by atoms with Crippen LogP contribution in [0.15, 0.2) is 54.6 Å². The fourth-order valence-corrected chi connectivity index (χ4v) is 1.93. The minimum absolute atomic E-state index is 0.243. The van der Waals surface area contributed by atoms with Crippen molar-refractivity contribution in [3.05, 3.63) is 60.2 Å². The number of hydrogen-bond acceptors (Lipinski definition) is 3. The first kappa shape index (κ1) is 13.0. The number of ether oxygens (including phenoxy) is 2. The summed E-state index contributed by atoms with van der Waals surface area (Å²) in [6, 6.07) is 17.1. The third kappa shape index (κ3) is 3.52. The van der Waals surface area contributed by atoms with Crippen molar-refractivity contribution < 1.29 is 14.6 Å². The third-order valence-electron chi connectivity index (χ3n) is 3.24. The first-order valence-electron chi connectivity index (χ1n) is 6.94. The molecule has 1 N–H and O–H groups in total. The molecule has 3 rings (SSSR count). The van der Waals surface area contributed by atoms with Crippen LogP contribution in [-0.2, 0) is 0 Å². The highest BCUT2D eigenvalue weighted by Crippen LogP contribution is 2.27. The molecule has 2 aromatic rings. The van der Waals surface area contributed by atoms with Crippen molar-refractivity contribution in [1.82, 2.24) is 0 Å². The SMILES string of the molecule is OC(COc1ccccc1)c1ccc(OC2CC2)cc1. The first-order valence-corrected chi connectivity index (χ1v) is 6.94. The molecular formula is C17H18O3. The summed E-state index contributed by atoms with van der Waals surface area (Å²) in [5.74, 6) is 1.63. The lowest BCUT2D eigenvalue weighted by molar-refractivity contribution is 0.108. The van der Waals surface area contributed by atoms with Crippen LogP contribution in [0.2, 0.25) is 0 Å². The zero-order valence-corrected chi connectivity index (χ0v) is 11.2. The van der Waals surface area contributed by atoms with Gasteiger partial charge in [0.1, 0.15) is 24.2 Å². The Morgan fingerprint density at radius 1 is 0.950 bits per heavy atom. The average Bonchev–Trinajstić information content (AvgIpc) is 3.31. The Bertz CT molecular complexity index is 532. The van der Waals surface area contributed by atoms with Gasteiger partial charge >= 0.3 is 0 Å². The Kier molecular flexibility index (Phi) is 3.88. The summed E-state index contributed by atoms with van der Waals surface area (Å²) in [5.41, 5.74) is 0.837. The van der Waals surface area contributed by atoms with Crippen LogP contribution in [0.25, 0.3) is 0 Å². The van der Waals surface area contributed by atoms with Crippen LogP contribution < -0.4 is 9.47 Å².